The summed E-state index contributed by atoms with van der Waals surface area (Å²) in [4.78, 5) is 12.0. The summed E-state index contributed by atoms with van der Waals surface area (Å²) in [5.41, 5.74) is 1.69. The second-order valence-corrected chi connectivity index (χ2v) is 6.01. The Bertz CT molecular complexity index is 858. The Morgan fingerprint density at radius 3 is 2.84 bits per heavy atom. The van der Waals surface area contributed by atoms with Gasteiger partial charge in [0.1, 0.15) is 5.75 Å². The van der Waals surface area contributed by atoms with E-state index in [2.05, 4.69) is 15.5 Å². The molecule has 2 heterocycles. The summed E-state index contributed by atoms with van der Waals surface area (Å²) < 4.78 is 8.93. The lowest BCUT2D eigenvalue weighted by atomic mass is 10.3. The van der Waals surface area contributed by atoms with Crippen LogP contribution in [0.3, 0.4) is 0 Å². The number of aromatic nitrogens is 4. The molecule has 0 aliphatic heterocycles. The highest BCUT2D eigenvalue weighted by molar-refractivity contribution is 6.30. The summed E-state index contributed by atoms with van der Waals surface area (Å²) in [6, 6.07) is 7.13. The van der Waals surface area contributed by atoms with Gasteiger partial charge in [0.25, 0.3) is 0 Å². The van der Waals surface area contributed by atoms with Gasteiger partial charge in [-0.05, 0) is 30.7 Å². The molecule has 0 aliphatic rings. The summed E-state index contributed by atoms with van der Waals surface area (Å²) in [5.74, 6) is 0.562. The van der Waals surface area contributed by atoms with Crippen LogP contribution in [0.2, 0.25) is 5.02 Å². The average Bonchev–Trinajstić information content (AvgIpc) is 3.20. The number of halogens is 1. The van der Waals surface area contributed by atoms with Crippen LogP contribution in [-0.4, -0.2) is 25.5 Å². The van der Waals surface area contributed by atoms with Crippen LogP contribution in [0.1, 0.15) is 12.0 Å². The maximum absolute atomic E-state index is 12.0. The van der Waals surface area contributed by atoms with Gasteiger partial charge in [-0.25, -0.2) is 4.68 Å². The third kappa shape index (κ3) is 5.09. The van der Waals surface area contributed by atoms with Crippen molar-refractivity contribution in [3.8, 4) is 5.75 Å². The number of hydrogen-bond acceptors (Lipinski definition) is 4. The van der Waals surface area contributed by atoms with Gasteiger partial charge in [0.05, 0.1) is 24.3 Å². The molecule has 0 fully saturated rings. The van der Waals surface area contributed by atoms with Crippen LogP contribution in [0.15, 0.2) is 49.1 Å². The van der Waals surface area contributed by atoms with Crippen molar-refractivity contribution in [1.29, 1.82) is 0 Å². The molecule has 0 aliphatic carbocycles. The molecule has 0 spiro atoms. The fourth-order valence-electron chi connectivity index (χ4n) is 2.23. The minimum atomic E-state index is -0.0940. The number of aryl methyl sites for hydroxylation is 2. The van der Waals surface area contributed by atoms with Crippen LogP contribution in [0.25, 0.3) is 0 Å². The fraction of sp³-hybridized carbons (Fsp3) is 0.235. The van der Waals surface area contributed by atoms with Crippen molar-refractivity contribution in [1.82, 2.24) is 19.6 Å². The Kier molecular flexibility index (Phi) is 5.35. The summed E-state index contributed by atoms with van der Waals surface area (Å²) in [6.07, 6.45) is 7.30. The fourth-order valence-corrected chi connectivity index (χ4v) is 2.41. The second kappa shape index (κ2) is 7.85. The van der Waals surface area contributed by atoms with E-state index < -0.39 is 0 Å². The minimum Gasteiger partial charge on any atom is -0.471 e. The first kappa shape index (κ1) is 17.0. The predicted octanol–water partition coefficient (Wildman–Crippen LogP) is 3.11. The highest BCUT2D eigenvalue weighted by Crippen LogP contribution is 2.17. The van der Waals surface area contributed by atoms with E-state index in [0.717, 1.165) is 5.56 Å². The number of nitrogens with zero attached hydrogens (tertiary/aromatic N) is 4. The zero-order valence-electron chi connectivity index (χ0n) is 13.7. The van der Waals surface area contributed by atoms with Crippen LogP contribution < -0.4 is 10.1 Å². The number of carbonyl (C=O) groups excluding carboxylic acids is 1. The highest BCUT2D eigenvalue weighted by Gasteiger charge is 2.06. The molecule has 3 aromatic rings. The lowest BCUT2D eigenvalue weighted by Gasteiger charge is -2.06. The maximum Gasteiger partial charge on any atom is 0.226 e. The molecule has 25 heavy (non-hydrogen) atoms. The number of ether oxygens (including phenoxy) is 1. The molecule has 7 nitrogen and oxygen atoms in total. The number of anilines is 1. The average molecular weight is 360 g/mol. The molecule has 0 atom stereocenters. The van der Waals surface area contributed by atoms with Gasteiger partial charge in [-0.15, -0.1) is 0 Å². The van der Waals surface area contributed by atoms with Gasteiger partial charge in [-0.3, -0.25) is 9.48 Å². The number of rotatable bonds is 7. The van der Waals surface area contributed by atoms with E-state index in [1.807, 2.05) is 25.3 Å². The van der Waals surface area contributed by atoms with Crippen LogP contribution in [-0.2, 0) is 18.1 Å². The number of carbonyl (C=O) groups is 1. The van der Waals surface area contributed by atoms with E-state index in [4.69, 9.17) is 16.3 Å². The first-order valence-corrected chi connectivity index (χ1v) is 8.16. The van der Waals surface area contributed by atoms with Gasteiger partial charge < -0.3 is 10.1 Å². The molecule has 1 N–H and O–H groups in total. The molecule has 2 aromatic heterocycles. The van der Waals surface area contributed by atoms with E-state index in [-0.39, 0.29) is 12.6 Å². The number of nitrogens with one attached hydrogen (secondary N) is 1. The van der Waals surface area contributed by atoms with Gasteiger partial charge in [0.15, 0.2) is 6.73 Å². The summed E-state index contributed by atoms with van der Waals surface area (Å²) in [7, 11) is 0. The second-order valence-electron chi connectivity index (χ2n) is 5.58. The largest absolute Gasteiger partial charge is 0.471 e. The van der Waals surface area contributed by atoms with Gasteiger partial charge in [-0.2, -0.15) is 10.2 Å². The third-order valence-corrected chi connectivity index (χ3v) is 3.64. The Morgan fingerprint density at radius 2 is 2.08 bits per heavy atom. The third-order valence-electron chi connectivity index (χ3n) is 3.41. The van der Waals surface area contributed by atoms with E-state index >= 15 is 0 Å². The normalized spacial score (nSPS) is 10.6. The first-order valence-electron chi connectivity index (χ1n) is 7.78. The number of hydrogen-bond donors (Lipinski definition) is 1. The molecule has 0 bridgehead atoms. The summed E-state index contributed by atoms with van der Waals surface area (Å²) in [6.45, 7) is 2.72. The Balaban J connectivity index is 1.46. The lowest BCUT2D eigenvalue weighted by Crippen LogP contribution is -2.14. The minimum absolute atomic E-state index is 0.0940. The van der Waals surface area contributed by atoms with Gasteiger partial charge >= 0.3 is 0 Å². The first-order chi connectivity index (χ1) is 12.1. The molecule has 1 aromatic carbocycles. The summed E-state index contributed by atoms with van der Waals surface area (Å²) >= 11 is 5.91. The molecule has 0 saturated carbocycles. The van der Waals surface area contributed by atoms with Crippen molar-refractivity contribution in [3.63, 3.8) is 0 Å². The molecule has 8 heteroatoms. The molecule has 3 rings (SSSR count). The maximum atomic E-state index is 12.0. The lowest BCUT2D eigenvalue weighted by molar-refractivity contribution is -0.116. The van der Waals surface area contributed by atoms with Crippen molar-refractivity contribution in [2.45, 2.75) is 26.6 Å². The topological polar surface area (TPSA) is 74.0 Å². The predicted molar refractivity (Wildman–Crippen MR) is 94.5 cm³/mol. The molecule has 130 valence electrons. The summed E-state index contributed by atoms with van der Waals surface area (Å²) in [5, 5.41) is 11.7. The monoisotopic (exact) mass is 359 g/mol. The zero-order chi connectivity index (χ0) is 17.6. The standard InChI is InChI=1S/C17H18ClN5O2/c1-13-8-19-22(10-13)6-5-17(24)21-15-9-20-23(11-15)12-25-16-4-2-3-14(18)7-16/h2-4,7-11H,5-6,12H2,1H3,(H,21,24). The van der Waals surface area contributed by atoms with Crippen LogP contribution >= 0.6 is 11.6 Å². The zero-order valence-corrected chi connectivity index (χ0v) is 14.5. The molecule has 1 amide bonds. The van der Waals surface area contributed by atoms with E-state index in [9.17, 15) is 4.79 Å². The van der Waals surface area contributed by atoms with E-state index in [1.54, 1.807) is 40.1 Å². The van der Waals surface area contributed by atoms with Crippen LogP contribution in [0.4, 0.5) is 5.69 Å². The highest BCUT2D eigenvalue weighted by atomic mass is 35.5. The van der Waals surface area contributed by atoms with Gasteiger partial charge in [-0.1, -0.05) is 17.7 Å². The van der Waals surface area contributed by atoms with Crippen molar-refractivity contribution >= 4 is 23.2 Å². The van der Waals surface area contributed by atoms with Gasteiger partial charge in [0, 0.05) is 24.2 Å². The van der Waals surface area contributed by atoms with Crippen LogP contribution in [0.5, 0.6) is 5.75 Å². The SMILES string of the molecule is Cc1cnn(CCC(=O)Nc2cnn(COc3cccc(Cl)c3)c2)c1. The van der Waals surface area contributed by atoms with Crippen molar-refractivity contribution < 1.29 is 9.53 Å². The van der Waals surface area contributed by atoms with Crippen molar-refractivity contribution in [2.24, 2.45) is 0 Å². The Morgan fingerprint density at radius 1 is 1.24 bits per heavy atom. The molecular weight excluding hydrogens is 342 g/mol. The van der Waals surface area contributed by atoms with E-state index in [0.29, 0.717) is 29.4 Å². The molecular formula is C17H18ClN5O2. The van der Waals surface area contributed by atoms with Gasteiger partial charge in [0.2, 0.25) is 5.91 Å². The van der Waals surface area contributed by atoms with E-state index in [1.165, 1.54) is 0 Å². The molecule has 0 radical (unpaired) electrons. The van der Waals surface area contributed by atoms with Crippen molar-refractivity contribution in [3.05, 3.63) is 59.6 Å². The quantitative estimate of drug-likeness (QED) is 0.703. The molecule has 0 saturated heterocycles. The van der Waals surface area contributed by atoms with Crippen molar-refractivity contribution in [2.75, 3.05) is 5.32 Å². The number of amides is 1. The number of benzene rings is 1. The Hall–Kier alpha value is -2.80. The van der Waals surface area contributed by atoms with Crippen LogP contribution in [0, 0.1) is 6.92 Å². The molecule has 0 unspecified atom stereocenters. The Labute approximate surface area is 150 Å². The smallest absolute Gasteiger partial charge is 0.226 e.